The summed E-state index contributed by atoms with van der Waals surface area (Å²) in [5, 5.41) is 15.4. The summed E-state index contributed by atoms with van der Waals surface area (Å²) < 4.78 is 0. The first-order chi connectivity index (χ1) is 25.5. The molecule has 55 heavy (non-hydrogen) atoms. The van der Waals surface area contributed by atoms with Crippen LogP contribution in [0.3, 0.4) is 0 Å². The smallest absolute Gasteiger partial charge is 1.00 e. The molecular weight excluding hydrogens is 803 g/mol. The normalized spacial score (nSPS) is 12.4. The van der Waals surface area contributed by atoms with Gasteiger partial charge in [-0.25, -0.2) is 0 Å². The Labute approximate surface area is 354 Å². The molecule has 0 unspecified atom stereocenters. The Balaban J connectivity index is 0.00000142. The minimum atomic E-state index is -2.70. The van der Waals surface area contributed by atoms with Crippen molar-refractivity contribution in [1.82, 2.24) is 0 Å². The van der Waals surface area contributed by atoms with E-state index in [1.54, 1.807) is 0 Å². The standard InChI is InChI=1S/C51H36Si.2ClH.Zr/c1-31-29-37-13-9-19-44(40-27-25-35-23-21-33-11-7-17-42(40)46(33)35)48(37)50(31)52(3,39-15-5-4-6-16-39)51-32(2)30-38-14-10-20-45(49(38)51)41-28-26-36-24-22-34-12-8-18-43(41)47(34)36;;;/h4-30H,1-3H3;2*1H;/q-2;;;+4/p-2. The summed E-state index contributed by atoms with van der Waals surface area (Å²) >= 11 is 0. The average molecular weight is 839 g/mol. The van der Waals surface area contributed by atoms with Gasteiger partial charge in [-0.2, -0.15) is 10.4 Å². The zero-order valence-electron chi connectivity index (χ0n) is 30.8. The molecular formula is C51H36Cl2SiZr. The van der Waals surface area contributed by atoms with Crippen molar-refractivity contribution in [3.8, 4) is 22.3 Å². The van der Waals surface area contributed by atoms with Crippen molar-refractivity contribution in [2.24, 2.45) is 0 Å². The maximum atomic E-state index is 2.63. The van der Waals surface area contributed by atoms with E-state index in [-0.39, 0.29) is 51.0 Å². The van der Waals surface area contributed by atoms with Gasteiger partial charge in [0.1, 0.15) is 0 Å². The largest absolute Gasteiger partial charge is 4.00 e. The van der Waals surface area contributed by atoms with Crippen molar-refractivity contribution >= 4 is 91.0 Å². The number of benzene rings is 7. The molecule has 0 bridgehead atoms. The second-order valence-electron chi connectivity index (χ2n) is 15.0. The second kappa shape index (κ2) is 13.9. The molecule has 0 aliphatic heterocycles. The minimum absolute atomic E-state index is 0. The Kier molecular flexibility index (Phi) is 9.43. The fraction of sp³-hybridized carbons (Fsp3) is 0.0588. The van der Waals surface area contributed by atoms with E-state index in [0.717, 1.165) is 0 Å². The zero-order chi connectivity index (χ0) is 34.7. The van der Waals surface area contributed by atoms with Gasteiger partial charge in [-0.05, 0) is 54.9 Å². The molecule has 0 N–H and O–H groups in total. The summed E-state index contributed by atoms with van der Waals surface area (Å²) in [6.45, 7) is 7.36. The predicted molar refractivity (Wildman–Crippen MR) is 229 cm³/mol. The summed E-state index contributed by atoms with van der Waals surface area (Å²) in [4.78, 5) is 0. The van der Waals surface area contributed by atoms with Crippen LogP contribution in [0.25, 0.3) is 89.6 Å². The molecule has 11 rings (SSSR count). The van der Waals surface area contributed by atoms with Crippen molar-refractivity contribution < 1.29 is 51.0 Å². The van der Waals surface area contributed by atoms with Gasteiger partial charge < -0.3 is 24.8 Å². The Morgan fingerprint density at radius 1 is 0.400 bits per heavy atom. The number of fused-ring (bicyclic) bond motifs is 2. The van der Waals surface area contributed by atoms with Crippen LogP contribution in [-0.2, 0) is 26.2 Å². The molecule has 0 aromatic heterocycles. The number of hydrogen-bond acceptors (Lipinski definition) is 0. The molecule has 4 heteroatoms. The molecule has 0 fully saturated rings. The molecule has 0 nitrogen and oxygen atoms in total. The third kappa shape index (κ3) is 5.26. The van der Waals surface area contributed by atoms with Gasteiger partial charge in [-0.1, -0.05) is 164 Å². The van der Waals surface area contributed by atoms with Gasteiger partial charge in [0.05, 0.1) is 0 Å². The molecule has 2 aliphatic carbocycles. The fourth-order valence-corrected chi connectivity index (χ4v) is 15.1. The van der Waals surface area contributed by atoms with E-state index < -0.39 is 8.07 Å². The SMILES string of the molecule is Cc1[cH-]c2cccc(-c3ccc4c5c(cccc35)C=C4)c2c1[Si](C)(c1ccccc1)c1c(C)[cH-]c2cccc(-c3ccc4c5c(cccc35)C=C4)c12.[Cl-].[Cl-].[Zr+4]. The van der Waals surface area contributed by atoms with E-state index in [1.807, 2.05) is 0 Å². The third-order valence-corrected chi connectivity index (χ3v) is 17.0. The Morgan fingerprint density at radius 3 is 1.27 bits per heavy atom. The van der Waals surface area contributed by atoms with Crippen molar-refractivity contribution in [2.45, 2.75) is 20.4 Å². The average Bonchev–Trinajstić information content (AvgIpc) is 3.96. The number of aryl methyl sites for hydroxylation is 2. The Morgan fingerprint density at radius 2 is 0.818 bits per heavy atom. The Hall–Kier alpha value is -4.56. The summed E-state index contributed by atoms with van der Waals surface area (Å²) in [7, 11) is -2.70. The molecule has 0 heterocycles. The van der Waals surface area contributed by atoms with Gasteiger partial charge in [-0.3, -0.25) is 0 Å². The van der Waals surface area contributed by atoms with Crippen LogP contribution in [0.4, 0.5) is 0 Å². The van der Waals surface area contributed by atoms with Crippen LogP contribution in [0.5, 0.6) is 0 Å². The second-order valence-corrected chi connectivity index (χ2v) is 18.9. The van der Waals surface area contributed by atoms with Crippen LogP contribution in [0.1, 0.15) is 33.4 Å². The van der Waals surface area contributed by atoms with Crippen LogP contribution in [0, 0.1) is 13.8 Å². The molecule has 2 aliphatic rings. The summed E-state index contributed by atoms with van der Waals surface area (Å²) in [5.41, 5.74) is 13.3. The predicted octanol–water partition coefficient (Wildman–Crippen LogP) is 5.76. The van der Waals surface area contributed by atoms with Crippen LogP contribution in [0.15, 0.2) is 140 Å². The summed E-state index contributed by atoms with van der Waals surface area (Å²) in [6.07, 6.45) is 9.05. The van der Waals surface area contributed by atoms with Crippen molar-refractivity contribution in [1.29, 1.82) is 0 Å². The first-order valence-electron chi connectivity index (χ1n) is 18.4. The van der Waals surface area contributed by atoms with Gasteiger partial charge in [-0.15, -0.1) is 69.1 Å². The fourth-order valence-electron chi connectivity index (χ4n) is 10.2. The van der Waals surface area contributed by atoms with E-state index in [9.17, 15) is 0 Å². The van der Waals surface area contributed by atoms with Crippen molar-refractivity contribution in [3.05, 3.63) is 173 Å². The van der Waals surface area contributed by atoms with Crippen LogP contribution >= 0.6 is 0 Å². The Bertz CT molecular complexity index is 2840. The van der Waals surface area contributed by atoms with Crippen molar-refractivity contribution in [3.63, 3.8) is 0 Å². The van der Waals surface area contributed by atoms with E-state index in [1.165, 1.54) is 114 Å². The van der Waals surface area contributed by atoms with Gasteiger partial charge in [0, 0.05) is 8.07 Å². The van der Waals surface area contributed by atoms with Crippen LogP contribution in [0.2, 0.25) is 6.55 Å². The quantitative estimate of drug-likeness (QED) is 0.153. The molecule has 9 aromatic rings. The number of halogens is 2. The maximum absolute atomic E-state index is 2.70. The van der Waals surface area contributed by atoms with Gasteiger partial charge in [0.15, 0.2) is 0 Å². The topological polar surface area (TPSA) is 0 Å². The first kappa shape index (κ1) is 37.4. The van der Waals surface area contributed by atoms with E-state index >= 15 is 0 Å². The van der Waals surface area contributed by atoms with Gasteiger partial charge >= 0.3 is 26.2 Å². The third-order valence-electron chi connectivity index (χ3n) is 12.3. The molecule has 0 amide bonds. The van der Waals surface area contributed by atoms with Gasteiger partial charge in [0.25, 0.3) is 0 Å². The van der Waals surface area contributed by atoms with Gasteiger partial charge in [0.2, 0.25) is 0 Å². The van der Waals surface area contributed by atoms with Crippen LogP contribution < -0.4 is 40.4 Å². The van der Waals surface area contributed by atoms with E-state index in [4.69, 9.17) is 0 Å². The number of hydrogen-bond donors (Lipinski definition) is 0. The van der Waals surface area contributed by atoms with Crippen molar-refractivity contribution in [2.75, 3.05) is 0 Å². The van der Waals surface area contributed by atoms with E-state index in [0.29, 0.717) is 0 Å². The monoisotopic (exact) mass is 836 g/mol. The van der Waals surface area contributed by atoms with E-state index in [2.05, 4.69) is 184 Å². The van der Waals surface area contributed by atoms with Crippen LogP contribution in [-0.4, -0.2) is 8.07 Å². The summed E-state index contributed by atoms with van der Waals surface area (Å²) in [5.74, 6) is 0. The molecule has 0 spiro atoms. The minimum Gasteiger partial charge on any atom is -1.00 e. The zero-order valence-corrected chi connectivity index (χ0v) is 35.8. The molecule has 0 saturated heterocycles. The molecule has 0 saturated carbocycles. The maximum Gasteiger partial charge on any atom is 4.00 e. The molecule has 0 radical (unpaired) electrons. The molecule has 262 valence electrons. The molecule has 9 aromatic carbocycles. The molecule has 0 atom stereocenters. The number of rotatable bonds is 5. The summed E-state index contributed by atoms with van der Waals surface area (Å²) in [6, 6.07) is 53.3. The first-order valence-corrected chi connectivity index (χ1v) is 20.9.